The third-order valence-electron chi connectivity index (χ3n) is 5.65. The Balaban J connectivity index is 1.82. The number of carbonyl (C=O) groups excluding carboxylic acids is 1. The SMILES string of the molecule is Cc1cc(F)ccc1C1CC(c2ccc(Cl)cc2)C=C1C(=O)c1c(F)cc(F)cc1F. The third kappa shape index (κ3) is 4.15. The average Bonchev–Trinajstić information content (AvgIpc) is 3.12. The summed E-state index contributed by atoms with van der Waals surface area (Å²) in [5.41, 5.74) is 1.60. The van der Waals surface area contributed by atoms with Gasteiger partial charge in [0.25, 0.3) is 0 Å². The maximum atomic E-state index is 14.3. The smallest absolute Gasteiger partial charge is 0.195 e. The Bertz CT molecular complexity index is 1180. The molecule has 6 heteroatoms. The lowest BCUT2D eigenvalue weighted by atomic mass is 9.84. The molecule has 3 aromatic rings. The van der Waals surface area contributed by atoms with Crippen molar-refractivity contribution < 1.29 is 22.4 Å². The minimum atomic E-state index is -1.26. The lowest BCUT2D eigenvalue weighted by molar-refractivity contribution is 0.102. The van der Waals surface area contributed by atoms with E-state index in [1.807, 2.05) is 12.1 Å². The molecule has 0 N–H and O–H groups in total. The predicted octanol–water partition coefficient (Wildman–Crippen LogP) is 7.29. The van der Waals surface area contributed by atoms with Crippen molar-refractivity contribution in [3.8, 4) is 0 Å². The molecule has 0 spiro atoms. The zero-order valence-corrected chi connectivity index (χ0v) is 17.2. The van der Waals surface area contributed by atoms with Crippen molar-refractivity contribution >= 4 is 17.4 Å². The van der Waals surface area contributed by atoms with Gasteiger partial charge in [0.2, 0.25) is 0 Å². The van der Waals surface area contributed by atoms with Gasteiger partial charge >= 0.3 is 0 Å². The minimum absolute atomic E-state index is 0.194. The summed E-state index contributed by atoms with van der Waals surface area (Å²) < 4.78 is 55.7. The first kappa shape index (κ1) is 21.3. The molecule has 2 unspecified atom stereocenters. The molecule has 0 amide bonds. The highest BCUT2D eigenvalue weighted by atomic mass is 35.5. The van der Waals surface area contributed by atoms with Gasteiger partial charge in [-0.2, -0.15) is 0 Å². The molecule has 0 bridgehead atoms. The predicted molar refractivity (Wildman–Crippen MR) is 111 cm³/mol. The van der Waals surface area contributed by atoms with Gasteiger partial charge in [0.15, 0.2) is 5.78 Å². The largest absolute Gasteiger partial charge is 0.289 e. The van der Waals surface area contributed by atoms with Crippen LogP contribution in [0.5, 0.6) is 0 Å². The fourth-order valence-electron chi connectivity index (χ4n) is 4.19. The van der Waals surface area contributed by atoms with E-state index in [0.717, 1.165) is 5.56 Å². The molecule has 0 radical (unpaired) electrons. The summed E-state index contributed by atoms with van der Waals surface area (Å²) in [5.74, 6) is -5.59. The molecular formula is C25H17ClF4O. The Morgan fingerprint density at radius 3 is 2.16 bits per heavy atom. The van der Waals surface area contributed by atoms with Gasteiger partial charge in [-0.3, -0.25) is 4.79 Å². The molecule has 3 aromatic carbocycles. The number of halogens is 5. The number of rotatable bonds is 4. The molecule has 31 heavy (non-hydrogen) atoms. The molecule has 158 valence electrons. The number of hydrogen-bond acceptors (Lipinski definition) is 1. The number of benzene rings is 3. The van der Waals surface area contributed by atoms with Crippen molar-refractivity contribution in [2.75, 3.05) is 0 Å². The van der Waals surface area contributed by atoms with E-state index in [1.165, 1.54) is 12.1 Å². The summed E-state index contributed by atoms with van der Waals surface area (Å²) >= 11 is 5.97. The highest BCUT2D eigenvalue weighted by molar-refractivity contribution is 6.30. The third-order valence-corrected chi connectivity index (χ3v) is 5.90. The standard InChI is InChI=1S/C25H17ClF4O/c1-13-8-17(27)6-7-19(13)20-9-15(14-2-4-16(26)5-3-14)10-21(20)25(31)24-22(29)11-18(28)12-23(24)30/h2-8,10-12,15,20H,9H2,1H3. The minimum Gasteiger partial charge on any atom is -0.289 e. The maximum absolute atomic E-state index is 14.3. The van der Waals surface area contributed by atoms with Crippen molar-refractivity contribution in [3.63, 3.8) is 0 Å². The van der Waals surface area contributed by atoms with Crippen LogP contribution in [0.2, 0.25) is 5.02 Å². The van der Waals surface area contributed by atoms with Crippen LogP contribution in [-0.4, -0.2) is 5.78 Å². The van der Waals surface area contributed by atoms with E-state index in [0.29, 0.717) is 34.7 Å². The summed E-state index contributed by atoms with van der Waals surface area (Å²) in [4.78, 5) is 13.2. The number of aryl methyl sites for hydroxylation is 1. The molecule has 0 heterocycles. The Hall–Kier alpha value is -2.92. The highest BCUT2D eigenvalue weighted by Crippen LogP contribution is 2.45. The van der Waals surface area contributed by atoms with Gasteiger partial charge in [-0.05, 0) is 54.3 Å². The second kappa shape index (κ2) is 8.31. The van der Waals surface area contributed by atoms with Crippen LogP contribution in [0.1, 0.15) is 45.3 Å². The van der Waals surface area contributed by atoms with Crippen LogP contribution in [0.4, 0.5) is 17.6 Å². The molecule has 1 aliphatic carbocycles. The lowest BCUT2D eigenvalue weighted by Crippen LogP contribution is -2.14. The van der Waals surface area contributed by atoms with Crippen molar-refractivity contribution in [3.05, 3.63) is 117 Å². The Morgan fingerprint density at radius 1 is 0.903 bits per heavy atom. The molecule has 0 aliphatic heterocycles. The van der Waals surface area contributed by atoms with Crippen LogP contribution in [0.15, 0.2) is 66.2 Å². The van der Waals surface area contributed by atoms with Crippen molar-refractivity contribution in [1.29, 1.82) is 0 Å². The first-order chi connectivity index (χ1) is 14.7. The van der Waals surface area contributed by atoms with Crippen LogP contribution in [-0.2, 0) is 0 Å². The van der Waals surface area contributed by atoms with E-state index in [4.69, 9.17) is 11.6 Å². The summed E-state index contributed by atoms with van der Waals surface area (Å²) in [7, 11) is 0. The molecule has 0 saturated heterocycles. The fourth-order valence-corrected chi connectivity index (χ4v) is 4.31. The number of Topliss-reactive ketones (excluding diaryl/α,β-unsaturated/α-hetero) is 1. The number of carbonyl (C=O) groups is 1. The molecule has 4 rings (SSSR count). The second-order valence-electron chi connectivity index (χ2n) is 7.64. The summed E-state index contributed by atoms with van der Waals surface area (Å²) in [6.45, 7) is 1.72. The molecule has 0 aromatic heterocycles. The quantitative estimate of drug-likeness (QED) is 0.305. The zero-order valence-electron chi connectivity index (χ0n) is 16.4. The monoisotopic (exact) mass is 444 g/mol. The van der Waals surface area contributed by atoms with E-state index in [1.54, 1.807) is 31.2 Å². The van der Waals surface area contributed by atoms with E-state index >= 15 is 0 Å². The first-order valence-electron chi connectivity index (χ1n) is 9.67. The van der Waals surface area contributed by atoms with Crippen LogP contribution in [0.25, 0.3) is 0 Å². The van der Waals surface area contributed by atoms with Crippen molar-refractivity contribution in [2.45, 2.75) is 25.2 Å². The summed E-state index contributed by atoms with van der Waals surface area (Å²) in [6.07, 6.45) is 2.14. The molecule has 0 saturated carbocycles. The first-order valence-corrected chi connectivity index (χ1v) is 10.0. The lowest BCUT2D eigenvalue weighted by Gasteiger charge is -2.19. The molecule has 1 nitrogen and oxygen atoms in total. The van der Waals surface area contributed by atoms with E-state index in [-0.39, 0.29) is 11.5 Å². The fraction of sp³-hybridized carbons (Fsp3) is 0.160. The van der Waals surface area contributed by atoms with Crippen LogP contribution in [0, 0.1) is 30.2 Å². The maximum Gasteiger partial charge on any atom is 0.195 e. The van der Waals surface area contributed by atoms with E-state index < -0.39 is 40.5 Å². The van der Waals surface area contributed by atoms with Gasteiger partial charge in [0.05, 0.1) is 5.56 Å². The normalized spacial score (nSPS) is 18.2. The van der Waals surface area contributed by atoms with Gasteiger partial charge in [-0.15, -0.1) is 0 Å². The van der Waals surface area contributed by atoms with Gasteiger partial charge in [-0.1, -0.05) is 35.9 Å². The van der Waals surface area contributed by atoms with Crippen LogP contribution < -0.4 is 0 Å². The van der Waals surface area contributed by atoms with Crippen molar-refractivity contribution in [2.24, 2.45) is 0 Å². The molecule has 0 fully saturated rings. The Morgan fingerprint density at radius 2 is 1.55 bits per heavy atom. The van der Waals surface area contributed by atoms with Gasteiger partial charge in [0.1, 0.15) is 23.3 Å². The second-order valence-corrected chi connectivity index (χ2v) is 8.08. The van der Waals surface area contributed by atoms with E-state index in [2.05, 4.69) is 0 Å². The number of allylic oxidation sites excluding steroid dienone is 2. The molecular weight excluding hydrogens is 428 g/mol. The van der Waals surface area contributed by atoms with E-state index in [9.17, 15) is 22.4 Å². The molecule has 1 aliphatic rings. The summed E-state index contributed by atoms with van der Waals surface area (Å²) in [5, 5.41) is 0.559. The Labute approximate surface area is 182 Å². The van der Waals surface area contributed by atoms with Gasteiger partial charge < -0.3 is 0 Å². The van der Waals surface area contributed by atoms with Crippen molar-refractivity contribution in [1.82, 2.24) is 0 Å². The Kier molecular flexibility index (Phi) is 5.71. The topological polar surface area (TPSA) is 17.1 Å². The number of hydrogen-bond donors (Lipinski definition) is 0. The summed E-state index contributed by atoms with van der Waals surface area (Å²) in [6, 6.07) is 12.3. The van der Waals surface area contributed by atoms with Crippen LogP contribution >= 0.6 is 11.6 Å². The van der Waals surface area contributed by atoms with Crippen LogP contribution in [0.3, 0.4) is 0 Å². The highest BCUT2D eigenvalue weighted by Gasteiger charge is 2.35. The molecule has 2 atom stereocenters. The average molecular weight is 445 g/mol. The zero-order chi connectivity index (χ0) is 22.3. The van der Waals surface area contributed by atoms with Gasteiger partial charge in [0, 0.05) is 34.6 Å². The van der Waals surface area contributed by atoms with Gasteiger partial charge in [-0.25, -0.2) is 17.6 Å². The number of ketones is 1.